The van der Waals surface area contributed by atoms with E-state index in [-0.39, 0.29) is 24.3 Å². The van der Waals surface area contributed by atoms with Crippen LogP contribution in [0.1, 0.15) is 12.8 Å². The molecule has 5 nitrogen and oxygen atoms in total. The second-order valence-corrected chi connectivity index (χ2v) is 6.71. The van der Waals surface area contributed by atoms with Gasteiger partial charge in [0.15, 0.2) is 6.61 Å². The van der Waals surface area contributed by atoms with Crippen LogP contribution in [-0.4, -0.2) is 36.4 Å². The van der Waals surface area contributed by atoms with Crippen molar-refractivity contribution in [2.24, 2.45) is 11.7 Å². The van der Waals surface area contributed by atoms with Crippen LogP contribution < -0.4 is 10.5 Å². The van der Waals surface area contributed by atoms with Crippen LogP contribution in [0.3, 0.4) is 0 Å². The molecule has 0 radical (unpaired) electrons. The first-order chi connectivity index (χ1) is 9.97. The summed E-state index contributed by atoms with van der Waals surface area (Å²) in [5.74, 6) is -0.114. The number of hydrogen-bond donors (Lipinski definition) is 1. The van der Waals surface area contributed by atoms with Gasteiger partial charge in [0.1, 0.15) is 5.75 Å². The second kappa shape index (κ2) is 7.26. The quantitative estimate of drug-likeness (QED) is 0.813. The largest absolute Gasteiger partial charge is 0.483 e. The molecule has 1 aromatic rings. The Bertz CT molecular complexity index is 551. The van der Waals surface area contributed by atoms with Crippen molar-refractivity contribution in [3.8, 4) is 5.75 Å². The Morgan fingerprint density at radius 2 is 2.14 bits per heavy atom. The fourth-order valence-electron chi connectivity index (χ4n) is 2.26. The minimum absolute atomic E-state index is 0.0499. The summed E-state index contributed by atoms with van der Waals surface area (Å²) in [5.41, 5.74) is 5.31. The molecule has 1 atom stereocenters. The molecule has 1 aromatic carbocycles. The summed E-state index contributed by atoms with van der Waals surface area (Å²) in [4.78, 5) is 25.0. The van der Waals surface area contributed by atoms with Crippen molar-refractivity contribution in [3.05, 3.63) is 27.1 Å². The Hall–Kier alpha value is -1.08. The van der Waals surface area contributed by atoms with Gasteiger partial charge in [-0.1, -0.05) is 15.9 Å². The molecule has 1 heterocycles. The number of nitrogens with zero attached hydrogens (tertiary/aromatic N) is 1. The highest BCUT2D eigenvalue weighted by Gasteiger charge is 2.27. The number of carbonyl (C=O) groups excluding carboxylic acids is 2. The summed E-state index contributed by atoms with van der Waals surface area (Å²) in [7, 11) is 0. The van der Waals surface area contributed by atoms with E-state index in [0.717, 1.165) is 21.8 Å². The molecule has 1 fully saturated rings. The fraction of sp³-hybridized carbons (Fsp3) is 0.429. The van der Waals surface area contributed by atoms with E-state index in [1.165, 1.54) is 0 Å². The lowest BCUT2D eigenvalue weighted by molar-refractivity contribution is -0.136. The predicted molar refractivity (Wildman–Crippen MR) is 85.8 cm³/mol. The van der Waals surface area contributed by atoms with Crippen molar-refractivity contribution in [3.63, 3.8) is 0 Å². The van der Waals surface area contributed by atoms with Gasteiger partial charge in [0.05, 0.1) is 10.4 Å². The Balaban J connectivity index is 1.90. The highest BCUT2D eigenvalue weighted by Crippen LogP contribution is 2.28. The van der Waals surface area contributed by atoms with Crippen LogP contribution in [0.25, 0.3) is 0 Å². The number of primary amides is 1. The van der Waals surface area contributed by atoms with E-state index in [0.29, 0.717) is 18.8 Å². The van der Waals surface area contributed by atoms with E-state index >= 15 is 0 Å². The molecule has 0 bridgehead atoms. The Morgan fingerprint density at radius 1 is 1.38 bits per heavy atom. The predicted octanol–water partition coefficient (Wildman–Crippen LogP) is 2.31. The van der Waals surface area contributed by atoms with Gasteiger partial charge in [0.25, 0.3) is 5.91 Å². The Morgan fingerprint density at radius 3 is 2.81 bits per heavy atom. The molecule has 1 unspecified atom stereocenters. The Kier molecular flexibility index (Phi) is 5.64. The first-order valence-electron chi connectivity index (χ1n) is 6.62. The smallest absolute Gasteiger partial charge is 0.260 e. The normalized spacial score (nSPS) is 18.4. The SMILES string of the molecule is NC(=O)C1CCCN(C(=O)COc2ccc(Br)cc2Br)C1. The van der Waals surface area contributed by atoms with Crippen LogP contribution in [0.15, 0.2) is 27.1 Å². The number of rotatable bonds is 4. The van der Waals surface area contributed by atoms with Crippen molar-refractivity contribution in [2.75, 3.05) is 19.7 Å². The maximum atomic E-state index is 12.1. The maximum Gasteiger partial charge on any atom is 0.260 e. The van der Waals surface area contributed by atoms with Gasteiger partial charge >= 0.3 is 0 Å². The lowest BCUT2D eigenvalue weighted by Gasteiger charge is -2.31. The van der Waals surface area contributed by atoms with E-state index in [1.807, 2.05) is 12.1 Å². The fourth-order valence-corrected chi connectivity index (χ4v) is 3.42. The number of ether oxygens (including phenoxy) is 1. The molecule has 1 aliphatic heterocycles. The molecule has 1 aliphatic rings. The summed E-state index contributed by atoms with van der Waals surface area (Å²) in [5, 5.41) is 0. The lowest BCUT2D eigenvalue weighted by Crippen LogP contribution is -2.45. The third-order valence-electron chi connectivity index (χ3n) is 3.42. The molecule has 2 amide bonds. The van der Waals surface area contributed by atoms with Gasteiger partial charge in [-0.05, 0) is 47.0 Å². The zero-order valence-corrected chi connectivity index (χ0v) is 14.5. The summed E-state index contributed by atoms with van der Waals surface area (Å²) in [6.45, 7) is 0.984. The summed E-state index contributed by atoms with van der Waals surface area (Å²) in [6, 6.07) is 5.47. The van der Waals surface area contributed by atoms with Crippen molar-refractivity contribution in [1.82, 2.24) is 4.90 Å². The molecular weight excluding hydrogens is 404 g/mol. The zero-order valence-electron chi connectivity index (χ0n) is 11.4. The van der Waals surface area contributed by atoms with Gasteiger partial charge in [0.2, 0.25) is 5.91 Å². The number of piperidine rings is 1. The summed E-state index contributed by atoms with van der Waals surface area (Å²) in [6.07, 6.45) is 1.54. The number of carbonyl (C=O) groups is 2. The third-order valence-corrected chi connectivity index (χ3v) is 4.53. The first kappa shape index (κ1) is 16.3. The number of halogens is 2. The van der Waals surface area contributed by atoms with Gasteiger partial charge in [-0.25, -0.2) is 0 Å². The van der Waals surface area contributed by atoms with Crippen molar-refractivity contribution >= 4 is 43.7 Å². The van der Waals surface area contributed by atoms with Crippen LogP contribution in [0, 0.1) is 5.92 Å². The minimum atomic E-state index is -0.343. The number of nitrogens with two attached hydrogens (primary N) is 1. The van der Waals surface area contributed by atoms with Crippen LogP contribution in [0.5, 0.6) is 5.75 Å². The topological polar surface area (TPSA) is 72.6 Å². The third kappa shape index (κ3) is 4.44. The minimum Gasteiger partial charge on any atom is -0.483 e. The number of hydrogen-bond acceptors (Lipinski definition) is 3. The van der Waals surface area contributed by atoms with E-state index in [4.69, 9.17) is 10.5 Å². The molecule has 0 aliphatic carbocycles. The van der Waals surface area contributed by atoms with E-state index < -0.39 is 0 Å². The van der Waals surface area contributed by atoms with Crippen molar-refractivity contribution < 1.29 is 14.3 Å². The zero-order chi connectivity index (χ0) is 15.4. The van der Waals surface area contributed by atoms with E-state index in [1.54, 1.807) is 11.0 Å². The van der Waals surface area contributed by atoms with Crippen molar-refractivity contribution in [1.29, 1.82) is 0 Å². The number of benzene rings is 1. The molecule has 1 saturated heterocycles. The van der Waals surface area contributed by atoms with Gasteiger partial charge in [-0.3, -0.25) is 9.59 Å². The van der Waals surface area contributed by atoms with Gasteiger partial charge < -0.3 is 15.4 Å². The second-order valence-electron chi connectivity index (χ2n) is 4.94. The van der Waals surface area contributed by atoms with Gasteiger partial charge in [-0.2, -0.15) is 0 Å². The van der Waals surface area contributed by atoms with Crippen LogP contribution in [0.2, 0.25) is 0 Å². The molecule has 2 N–H and O–H groups in total. The first-order valence-corrected chi connectivity index (χ1v) is 8.21. The molecule has 114 valence electrons. The lowest BCUT2D eigenvalue weighted by atomic mass is 9.97. The maximum absolute atomic E-state index is 12.1. The highest BCUT2D eigenvalue weighted by atomic mass is 79.9. The molecule has 0 spiro atoms. The standard InChI is InChI=1S/C14H16Br2N2O3/c15-10-3-4-12(11(16)6-10)21-8-13(19)18-5-1-2-9(7-18)14(17)20/h3-4,6,9H,1-2,5,7-8H2,(H2,17,20). The highest BCUT2D eigenvalue weighted by molar-refractivity contribution is 9.11. The molecule has 0 saturated carbocycles. The van der Waals surface area contributed by atoms with Crippen LogP contribution in [-0.2, 0) is 9.59 Å². The van der Waals surface area contributed by atoms with E-state index in [2.05, 4.69) is 31.9 Å². The molecule has 2 rings (SSSR count). The molecule has 0 aromatic heterocycles. The average molecular weight is 420 g/mol. The van der Waals surface area contributed by atoms with Crippen molar-refractivity contribution in [2.45, 2.75) is 12.8 Å². The Labute approximate surface area is 140 Å². The van der Waals surface area contributed by atoms with Gasteiger partial charge in [-0.15, -0.1) is 0 Å². The average Bonchev–Trinajstić information content (AvgIpc) is 2.46. The molecular formula is C14H16Br2N2O3. The summed E-state index contributed by atoms with van der Waals surface area (Å²) >= 11 is 6.74. The molecule has 7 heteroatoms. The van der Waals surface area contributed by atoms with Crippen LogP contribution >= 0.6 is 31.9 Å². The number of likely N-dealkylation sites (tertiary alicyclic amines) is 1. The molecule has 21 heavy (non-hydrogen) atoms. The monoisotopic (exact) mass is 418 g/mol. The summed E-state index contributed by atoms with van der Waals surface area (Å²) < 4.78 is 7.23. The van der Waals surface area contributed by atoms with E-state index in [9.17, 15) is 9.59 Å². The van der Waals surface area contributed by atoms with Crippen LogP contribution in [0.4, 0.5) is 0 Å². The van der Waals surface area contributed by atoms with Gasteiger partial charge in [0, 0.05) is 17.6 Å². The number of amides is 2.